The number of nitrogens with zero attached hydrogens (tertiary/aromatic N) is 2. The van der Waals surface area contributed by atoms with Gasteiger partial charge in [-0.3, -0.25) is 0 Å². The normalized spacial score (nSPS) is 11.9. The van der Waals surface area contributed by atoms with Crippen molar-refractivity contribution in [1.29, 1.82) is 0 Å². The van der Waals surface area contributed by atoms with E-state index in [1.807, 2.05) is 26.0 Å². The van der Waals surface area contributed by atoms with Crippen LogP contribution in [0.2, 0.25) is 0 Å². The highest BCUT2D eigenvalue weighted by Gasteiger charge is 2.14. The topological polar surface area (TPSA) is 64.5 Å². The van der Waals surface area contributed by atoms with Crippen molar-refractivity contribution in [1.82, 2.24) is 10.2 Å². The Morgan fingerprint density at radius 3 is 2.40 bits per heavy atom. The van der Waals surface area contributed by atoms with Gasteiger partial charge in [0, 0.05) is 11.8 Å². The number of aromatic nitrogens is 2. The average Bonchev–Trinajstić information content (AvgIpc) is 2.50. The Kier molecular flexibility index (Phi) is 4.90. The van der Waals surface area contributed by atoms with E-state index < -0.39 is 6.10 Å². The molecule has 1 unspecified atom stereocenters. The summed E-state index contributed by atoms with van der Waals surface area (Å²) in [5.74, 6) is 1.31. The van der Waals surface area contributed by atoms with Crippen molar-refractivity contribution in [3.63, 3.8) is 0 Å². The molecule has 2 rings (SSSR count). The van der Waals surface area contributed by atoms with Crippen molar-refractivity contribution >= 4 is 0 Å². The second kappa shape index (κ2) is 6.86. The maximum Gasteiger partial charge on any atom is 0.161 e. The van der Waals surface area contributed by atoms with Crippen molar-refractivity contribution in [3.05, 3.63) is 47.8 Å². The Balaban J connectivity index is 2.30. The fraction of sp³-hybridized carbons (Fsp3) is 0.333. The third kappa shape index (κ3) is 3.24. The van der Waals surface area contributed by atoms with Crippen LogP contribution in [0.15, 0.2) is 36.7 Å². The maximum absolute atomic E-state index is 10.3. The first kappa shape index (κ1) is 14.3. The highest BCUT2D eigenvalue weighted by Crippen LogP contribution is 2.32. The summed E-state index contributed by atoms with van der Waals surface area (Å²) in [7, 11) is 0. The van der Waals surface area contributed by atoms with E-state index >= 15 is 0 Å². The van der Waals surface area contributed by atoms with E-state index in [4.69, 9.17) is 9.47 Å². The van der Waals surface area contributed by atoms with Crippen molar-refractivity contribution < 1.29 is 14.6 Å². The van der Waals surface area contributed by atoms with Gasteiger partial charge in [0.1, 0.15) is 6.10 Å². The number of hydrogen-bond acceptors (Lipinski definition) is 5. The summed E-state index contributed by atoms with van der Waals surface area (Å²) in [6.07, 6.45) is 2.33. The van der Waals surface area contributed by atoms with Crippen molar-refractivity contribution in [2.45, 2.75) is 20.0 Å². The van der Waals surface area contributed by atoms with Gasteiger partial charge in [-0.15, -0.1) is 0 Å². The molecule has 0 aliphatic heterocycles. The highest BCUT2D eigenvalue weighted by atomic mass is 16.5. The van der Waals surface area contributed by atoms with Crippen molar-refractivity contribution in [3.8, 4) is 11.5 Å². The minimum Gasteiger partial charge on any atom is -0.490 e. The number of aliphatic hydroxyl groups excluding tert-OH is 1. The molecule has 0 saturated heterocycles. The molecule has 1 aromatic heterocycles. The van der Waals surface area contributed by atoms with Crippen molar-refractivity contribution in [2.24, 2.45) is 0 Å². The lowest BCUT2D eigenvalue weighted by atomic mass is 10.0. The predicted octanol–water partition coefficient (Wildman–Crippen LogP) is 2.36. The SMILES string of the molecule is CCOc1ccc(C(O)c2ccnnc2)cc1OCC. The molecular formula is C15H18N2O3. The zero-order valence-electron chi connectivity index (χ0n) is 11.6. The summed E-state index contributed by atoms with van der Waals surface area (Å²) in [6, 6.07) is 7.15. The Labute approximate surface area is 118 Å². The molecule has 0 spiro atoms. The second-order valence-electron chi connectivity index (χ2n) is 4.15. The van der Waals surface area contributed by atoms with Crippen LogP contribution < -0.4 is 9.47 Å². The molecular weight excluding hydrogens is 256 g/mol. The molecule has 5 nitrogen and oxygen atoms in total. The summed E-state index contributed by atoms with van der Waals surface area (Å²) in [5, 5.41) is 17.8. The molecule has 0 bridgehead atoms. The zero-order valence-corrected chi connectivity index (χ0v) is 11.6. The lowest BCUT2D eigenvalue weighted by Gasteiger charge is -2.15. The van der Waals surface area contributed by atoms with Crippen LogP contribution in [0.5, 0.6) is 11.5 Å². The molecule has 0 radical (unpaired) electrons. The number of rotatable bonds is 6. The first-order valence-electron chi connectivity index (χ1n) is 6.60. The van der Waals surface area contributed by atoms with Gasteiger partial charge in [0.2, 0.25) is 0 Å². The van der Waals surface area contributed by atoms with Crippen molar-refractivity contribution in [2.75, 3.05) is 13.2 Å². The van der Waals surface area contributed by atoms with E-state index in [2.05, 4.69) is 10.2 Å². The molecule has 1 atom stereocenters. The quantitative estimate of drug-likeness (QED) is 0.876. The summed E-state index contributed by atoms with van der Waals surface area (Å²) in [5.41, 5.74) is 1.41. The van der Waals surface area contributed by atoms with Crippen LogP contribution in [0, 0.1) is 0 Å². The van der Waals surface area contributed by atoms with Crippen LogP contribution in [0.25, 0.3) is 0 Å². The van der Waals surface area contributed by atoms with Gasteiger partial charge in [-0.05, 0) is 37.6 Å². The lowest BCUT2D eigenvalue weighted by molar-refractivity contribution is 0.218. The van der Waals surface area contributed by atoms with Gasteiger partial charge in [-0.25, -0.2) is 0 Å². The summed E-state index contributed by atoms with van der Waals surface area (Å²) < 4.78 is 11.1. The van der Waals surface area contributed by atoms with Crippen LogP contribution >= 0.6 is 0 Å². The molecule has 106 valence electrons. The van der Waals surface area contributed by atoms with Gasteiger partial charge in [0.25, 0.3) is 0 Å². The molecule has 2 aromatic rings. The third-order valence-electron chi connectivity index (χ3n) is 2.81. The summed E-state index contributed by atoms with van der Waals surface area (Å²) in [6.45, 7) is 4.93. The molecule has 0 aliphatic rings. The van der Waals surface area contributed by atoms with E-state index in [1.54, 1.807) is 24.5 Å². The van der Waals surface area contributed by atoms with Gasteiger partial charge < -0.3 is 14.6 Å². The van der Waals surface area contributed by atoms with Crippen LogP contribution in [-0.2, 0) is 0 Å². The first-order chi connectivity index (χ1) is 9.76. The van der Waals surface area contributed by atoms with E-state index in [-0.39, 0.29) is 0 Å². The fourth-order valence-electron chi connectivity index (χ4n) is 1.89. The van der Waals surface area contributed by atoms with Crippen LogP contribution in [-0.4, -0.2) is 28.5 Å². The number of hydrogen-bond donors (Lipinski definition) is 1. The number of benzene rings is 1. The lowest BCUT2D eigenvalue weighted by Crippen LogP contribution is -2.03. The predicted molar refractivity (Wildman–Crippen MR) is 74.9 cm³/mol. The third-order valence-corrected chi connectivity index (χ3v) is 2.81. The van der Waals surface area contributed by atoms with Gasteiger partial charge >= 0.3 is 0 Å². The van der Waals surface area contributed by atoms with Crippen LogP contribution in [0.3, 0.4) is 0 Å². The molecule has 20 heavy (non-hydrogen) atoms. The molecule has 5 heteroatoms. The molecule has 0 fully saturated rings. The van der Waals surface area contributed by atoms with E-state index in [0.29, 0.717) is 30.3 Å². The first-order valence-corrected chi connectivity index (χ1v) is 6.60. The zero-order chi connectivity index (χ0) is 14.4. The Morgan fingerprint density at radius 2 is 1.75 bits per heavy atom. The summed E-state index contributed by atoms with van der Waals surface area (Å²) in [4.78, 5) is 0. The van der Waals surface area contributed by atoms with Gasteiger partial charge in [-0.2, -0.15) is 10.2 Å². The molecule has 0 saturated carbocycles. The Bertz CT molecular complexity index is 546. The minimum absolute atomic E-state index is 0.538. The van der Waals surface area contributed by atoms with E-state index in [0.717, 1.165) is 5.56 Å². The van der Waals surface area contributed by atoms with Crippen LogP contribution in [0.4, 0.5) is 0 Å². The molecule has 1 aromatic carbocycles. The maximum atomic E-state index is 10.3. The fourth-order valence-corrected chi connectivity index (χ4v) is 1.89. The average molecular weight is 274 g/mol. The Hall–Kier alpha value is -2.14. The van der Waals surface area contributed by atoms with Gasteiger partial charge in [-0.1, -0.05) is 6.07 Å². The molecule has 0 amide bonds. The van der Waals surface area contributed by atoms with Gasteiger partial charge in [0.05, 0.1) is 19.4 Å². The van der Waals surface area contributed by atoms with Crippen LogP contribution in [0.1, 0.15) is 31.1 Å². The number of aliphatic hydroxyl groups is 1. The minimum atomic E-state index is -0.764. The monoisotopic (exact) mass is 274 g/mol. The van der Waals surface area contributed by atoms with E-state index in [9.17, 15) is 5.11 Å². The van der Waals surface area contributed by atoms with Gasteiger partial charge in [0.15, 0.2) is 11.5 Å². The largest absolute Gasteiger partial charge is 0.490 e. The number of ether oxygens (including phenoxy) is 2. The standard InChI is InChI=1S/C15H18N2O3/c1-3-19-13-6-5-11(9-14(13)20-4-2)15(18)12-7-8-16-17-10-12/h5-10,15,18H,3-4H2,1-2H3. The highest BCUT2D eigenvalue weighted by molar-refractivity contribution is 5.45. The second-order valence-corrected chi connectivity index (χ2v) is 4.15. The molecule has 0 aliphatic carbocycles. The van der Waals surface area contributed by atoms with E-state index in [1.165, 1.54) is 0 Å². The smallest absolute Gasteiger partial charge is 0.161 e. The summed E-state index contributed by atoms with van der Waals surface area (Å²) >= 11 is 0. The Morgan fingerprint density at radius 1 is 1.00 bits per heavy atom. The molecule has 1 heterocycles. The molecule has 1 N–H and O–H groups in total.